The zero-order chi connectivity index (χ0) is 17.9. The van der Waals surface area contributed by atoms with Crippen LogP contribution in [0.1, 0.15) is 17.4 Å². The molecule has 0 saturated carbocycles. The summed E-state index contributed by atoms with van der Waals surface area (Å²) in [5.41, 5.74) is 0.203. The number of hydrogen-bond donors (Lipinski definition) is 1. The van der Waals surface area contributed by atoms with E-state index in [1.54, 1.807) is 0 Å². The highest BCUT2D eigenvalue weighted by Gasteiger charge is 2.22. The first-order valence-corrected chi connectivity index (χ1v) is 8.07. The number of hydrogen-bond acceptors (Lipinski definition) is 4. The average molecular weight is 408 g/mol. The van der Waals surface area contributed by atoms with E-state index in [-0.39, 0.29) is 15.9 Å². The minimum Gasteiger partial charge on any atom is -0.448 e. The molecule has 1 aromatic heterocycles. The third-order valence-electron chi connectivity index (χ3n) is 2.79. The highest BCUT2D eigenvalue weighted by molar-refractivity contribution is 6.35. The van der Waals surface area contributed by atoms with Crippen LogP contribution in [-0.4, -0.2) is 23.0 Å². The number of nitrogens with zero attached hydrogens (tertiary/aromatic N) is 1. The second-order valence-corrected chi connectivity index (χ2v) is 6.33. The van der Waals surface area contributed by atoms with Crippen molar-refractivity contribution in [3.05, 3.63) is 56.2 Å². The van der Waals surface area contributed by atoms with E-state index in [1.165, 1.54) is 37.3 Å². The van der Waals surface area contributed by atoms with Crippen molar-refractivity contribution in [1.82, 2.24) is 4.98 Å². The Balaban J connectivity index is 2.05. The molecule has 0 fully saturated rings. The largest absolute Gasteiger partial charge is 0.448 e. The van der Waals surface area contributed by atoms with Crippen molar-refractivity contribution < 1.29 is 14.3 Å². The van der Waals surface area contributed by atoms with E-state index in [1.807, 2.05) is 0 Å². The summed E-state index contributed by atoms with van der Waals surface area (Å²) in [6, 6.07) is 7.38. The third-order valence-corrected chi connectivity index (χ3v) is 3.74. The van der Waals surface area contributed by atoms with Crippen LogP contribution < -0.4 is 5.32 Å². The van der Waals surface area contributed by atoms with Gasteiger partial charge in [-0.05, 0) is 37.3 Å². The van der Waals surface area contributed by atoms with Crippen molar-refractivity contribution in [2.24, 2.45) is 0 Å². The standard InChI is InChI=1S/C15H10Cl4N2O3/c1-7(14(22)20-10-5-8(16)4-9(17)6-10)24-15(23)13-11(18)2-3-12(19)21-13/h2-7H,1H3,(H,20,22)/t7-/m0/s1. The van der Waals surface area contributed by atoms with Crippen molar-refractivity contribution in [2.45, 2.75) is 13.0 Å². The number of carbonyl (C=O) groups excluding carboxylic acids is 2. The van der Waals surface area contributed by atoms with E-state index in [0.717, 1.165) is 0 Å². The van der Waals surface area contributed by atoms with E-state index in [4.69, 9.17) is 51.1 Å². The van der Waals surface area contributed by atoms with E-state index in [9.17, 15) is 9.59 Å². The molecule has 1 atom stereocenters. The Hall–Kier alpha value is -1.53. The highest BCUT2D eigenvalue weighted by Crippen LogP contribution is 2.23. The van der Waals surface area contributed by atoms with Crippen molar-refractivity contribution in [2.75, 3.05) is 5.32 Å². The Labute approximate surface area is 157 Å². The van der Waals surface area contributed by atoms with Crippen LogP contribution in [0.5, 0.6) is 0 Å². The average Bonchev–Trinajstić information content (AvgIpc) is 2.48. The van der Waals surface area contributed by atoms with Gasteiger partial charge in [-0.25, -0.2) is 9.78 Å². The molecule has 1 N–H and O–H groups in total. The maximum Gasteiger partial charge on any atom is 0.359 e. The number of esters is 1. The van der Waals surface area contributed by atoms with Gasteiger partial charge in [0, 0.05) is 15.7 Å². The molecule has 0 saturated heterocycles. The van der Waals surface area contributed by atoms with Gasteiger partial charge in [0.05, 0.1) is 5.02 Å². The quantitative estimate of drug-likeness (QED) is 0.579. The molecule has 0 unspecified atom stereocenters. The van der Waals surface area contributed by atoms with Crippen LogP contribution in [-0.2, 0) is 9.53 Å². The lowest BCUT2D eigenvalue weighted by molar-refractivity contribution is -0.123. The Kier molecular flexibility index (Phi) is 6.29. The number of ether oxygens (including phenoxy) is 1. The predicted octanol–water partition coefficient (Wildman–Crippen LogP) is 4.88. The summed E-state index contributed by atoms with van der Waals surface area (Å²) >= 11 is 23.3. The zero-order valence-corrected chi connectivity index (χ0v) is 15.2. The van der Waals surface area contributed by atoms with E-state index < -0.39 is 18.0 Å². The molecule has 5 nitrogen and oxygen atoms in total. The van der Waals surface area contributed by atoms with Crippen LogP contribution in [0.25, 0.3) is 0 Å². The topological polar surface area (TPSA) is 68.3 Å². The fourth-order valence-corrected chi connectivity index (χ4v) is 2.56. The van der Waals surface area contributed by atoms with Gasteiger partial charge in [-0.1, -0.05) is 46.4 Å². The Morgan fingerprint density at radius 2 is 1.71 bits per heavy atom. The van der Waals surface area contributed by atoms with Crippen LogP contribution in [0, 0.1) is 0 Å². The molecule has 24 heavy (non-hydrogen) atoms. The van der Waals surface area contributed by atoms with Gasteiger partial charge in [0.2, 0.25) is 0 Å². The number of halogens is 4. The number of carbonyl (C=O) groups is 2. The van der Waals surface area contributed by atoms with Crippen molar-refractivity contribution in [3.8, 4) is 0 Å². The van der Waals surface area contributed by atoms with Crippen LogP contribution >= 0.6 is 46.4 Å². The highest BCUT2D eigenvalue weighted by atomic mass is 35.5. The SMILES string of the molecule is C[C@H](OC(=O)c1nc(Cl)ccc1Cl)C(=O)Nc1cc(Cl)cc(Cl)c1. The molecular formula is C15H10Cl4N2O3. The summed E-state index contributed by atoms with van der Waals surface area (Å²) in [6.07, 6.45) is -1.10. The molecule has 1 amide bonds. The smallest absolute Gasteiger partial charge is 0.359 e. The van der Waals surface area contributed by atoms with Gasteiger partial charge >= 0.3 is 5.97 Å². The second kappa shape index (κ2) is 8.03. The summed E-state index contributed by atoms with van der Waals surface area (Å²) in [5.74, 6) is -1.44. The lowest BCUT2D eigenvalue weighted by Crippen LogP contribution is -2.30. The van der Waals surface area contributed by atoms with E-state index in [0.29, 0.717) is 15.7 Å². The third kappa shape index (κ3) is 4.98. The number of nitrogens with one attached hydrogen (secondary N) is 1. The maximum atomic E-state index is 12.1. The normalized spacial score (nSPS) is 11.7. The van der Waals surface area contributed by atoms with Crippen molar-refractivity contribution in [1.29, 1.82) is 0 Å². The van der Waals surface area contributed by atoms with Gasteiger partial charge in [0.15, 0.2) is 11.8 Å². The number of anilines is 1. The summed E-state index contributed by atoms with van der Waals surface area (Å²) in [4.78, 5) is 27.9. The minimum atomic E-state index is -1.10. The molecule has 1 heterocycles. The first-order valence-electron chi connectivity index (χ1n) is 6.56. The summed E-state index contributed by atoms with van der Waals surface area (Å²) in [5, 5.41) is 3.41. The lowest BCUT2D eigenvalue weighted by atomic mass is 10.3. The fraction of sp³-hybridized carbons (Fsp3) is 0.133. The molecule has 2 rings (SSSR count). The monoisotopic (exact) mass is 406 g/mol. The van der Waals surface area contributed by atoms with Gasteiger partial charge < -0.3 is 10.1 Å². The minimum absolute atomic E-state index is 0.0682. The van der Waals surface area contributed by atoms with Gasteiger partial charge in [-0.3, -0.25) is 4.79 Å². The molecule has 0 aliphatic carbocycles. The first-order chi connectivity index (χ1) is 11.3. The van der Waals surface area contributed by atoms with Crippen LogP contribution in [0.2, 0.25) is 20.2 Å². The molecular weight excluding hydrogens is 398 g/mol. The number of aromatic nitrogens is 1. The van der Waals surface area contributed by atoms with Crippen LogP contribution in [0.3, 0.4) is 0 Å². The summed E-state index contributed by atoms with van der Waals surface area (Å²) in [6.45, 7) is 1.40. The van der Waals surface area contributed by atoms with Gasteiger partial charge in [0.1, 0.15) is 5.15 Å². The van der Waals surface area contributed by atoms with Crippen LogP contribution in [0.15, 0.2) is 30.3 Å². The Morgan fingerprint density at radius 3 is 2.33 bits per heavy atom. The van der Waals surface area contributed by atoms with Gasteiger partial charge in [-0.15, -0.1) is 0 Å². The molecule has 0 aliphatic rings. The van der Waals surface area contributed by atoms with E-state index >= 15 is 0 Å². The number of rotatable bonds is 4. The Morgan fingerprint density at radius 1 is 1.08 bits per heavy atom. The fourth-order valence-electron chi connectivity index (χ4n) is 1.70. The lowest BCUT2D eigenvalue weighted by Gasteiger charge is -2.14. The van der Waals surface area contributed by atoms with Crippen molar-refractivity contribution >= 4 is 64.0 Å². The molecule has 1 aromatic carbocycles. The summed E-state index contributed by atoms with van der Waals surface area (Å²) in [7, 11) is 0. The van der Waals surface area contributed by atoms with E-state index in [2.05, 4.69) is 10.3 Å². The molecule has 126 valence electrons. The summed E-state index contributed by atoms with van der Waals surface area (Å²) < 4.78 is 5.04. The molecule has 0 radical (unpaired) electrons. The Bertz CT molecular complexity index is 778. The molecule has 0 aliphatic heterocycles. The number of pyridine rings is 1. The van der Waals surface area contributed by atoms with Crippen molar-refractivity contribution in [3.63, 3.8) is 0 Å². The van der Waals surface area contributed by atoms with Crippen LogP contribution in [0.4, 0.5) is 5.69 Å². The molecule has 9 heteroatoms. The maximum absolute atomic E-state index is 12.1. The number of benzene rings is 1. The zero-order valence-electron chi connectivity index (χ0n) is 12.1. The van der Waals surface area contributed by atoms with Gasteiger partial charge in [0.25, 0.3) is 5.91 Å². The molecule has 0 spiro atoms. The number of amides is 1. The molecule has 2 aromatic rings. The second-order valence-electron chi connectivity index (χ2n) is 4.66. The molecule has 0 bridgehead atoms. The van der Waals surface area contributed by atoms with Gasteiger partial charge in [-0.2, -0.15) is 0 Å². The predicted molar refractivity (Wildman–Crippen MR) is 94.2 cm³/mol. The first kappa shape index (κ1) is 18.8.